The number of hydrogen-bond donors (Lipinski definition) is 0. The first-order valence-electron chi connectivity index (χ1n) is 9.54. The molecule has 0 bridgehead atoms. The van der Waals surface area contributed by atoms with Crippen LogP contribution in [0.2, 0.25) is 0 Å². The summed E-state index contributed by atoms with van der Waals surface area (Å²) >= 11 is 1.58. The number of carbonyl (C=O) groups excluding carboxylic acids is 1. The van der Waals surface area contributed by atoms with Crippen LogP contribution >= 0.6 is 11.3 Å². The number of aromatic nitrogens is 1. The first-order chi connectivity index (χ1) is 13.7. The highest BCUT2D eigenvalue weighted by atomic mass is 32.1. The van der Waals surface area contributed by atoms with E-state index in [1.54, 1.807) is 23.6 Å². The first-order valence-corrected chi connectivity index (χ1v) is 10.4. The van der Waals surface area contributed by atoms with Gasteiger partial charge in [0.15, 0.2) is 6.61 Å². The molecule has 1 unspecified atom stereocenters. The number of amides is 1. The van der Waals surface area contributed by atoms with Gasteiger partial charge in [0.2, 0.25) is 0 Å². The maximum absolute atomic E-state index is 12.8. The van der Waals surface area contributed by atoms with E-state index in [-0.39, 0.29) is 24.2 Å². The highest BCUT2D eigenvalue weighted by Gasteiger charge is 2.29. The van der Waals surface area contributed by atoms with E-state index >= 15 is 0 Å². The summed E-state index contributed by atoms with van der Waals surface area (Å²) in [6.07, 6.45) is 5.54. The Bertz CT molecular complexity index is 1030. The summed E-state index contributed by atoms with van der Waals surface area (Å²) < 4.78 is 11.0. The second kappa shape index (κ2) is 8.14. The second-order valence-corrected chi connectivity index (χ2v) is 7.79. The molecule has 28 heavy (non-hydrogen) atoms. The highest BCUT2D eigenvalue weighted by molar-refractivity contribution is 7.09. The number of benzene rings is 1. The Hall–Kier alpha value is -2.67. The third-order valence-electron chi connectivity index (χ3n) is 5.10. The van der Waals surface area contributed by atoms with Crippen LogP contribution in [0.1, 0.15) is 42.8 Å². The molecule has 4 rings (SSSR count). The molecule has 0 saturated carbocycles. The summed E-state index contributed by atoms with van der Waals surface area (Å²) in [5, 5.41) is 3.81. The van der Waals surface area contributed by atoms with Crippen LogP contribution in [0.5, 0.6) is 5.75 Å². The van der Waals surface area contributed by atoms with Gasteiger partial charge in [0.05, 0.1) is 6.04 Å². The fourth-order valence-corrected chi connectivity index (χ4v) is 4.49. The van der Waals surface area contributed by atoms with Gasteiger partial charge in [-0.1, -0.05) is 6.92 Å². The lowest BCUT2D eigenvalue weighted by atomic mass is 10.0. The smallest absolute Gasteiger partial charge is 0.336 e. The number of hydrogen-bond acceptors (Lipinski definition) is 6. The van der Waals surface area contributed by atoms with Crippen molar-refractivity contribution in [3.63, 3.8) is 0 Å². The molecule has 1 aromatic carbocycles. The van der Waals surface area contributed by atoms with Crippen molar-refractivity contribution < 1.29 is 13.9 Å². The summed E-state index contributed by atoms with van der Waals surface area (Å²) in [4.78, 5) is 30.8. The molecule has 1 amide bonds. The van der Waals surface area contributed by atoms with Crippen LogP contribution in [0.4, 0.5) is 0 Å². The summed E-state index contributed by atoms with van der Waals surface area (Å²) in [5.41, 5.74) is 1.04. The highest BCUT2D eigenvalue weighted by Crippen LogP contribution is 2.32. The van der Waals surface area contributed by atoms with E-state index in [1.807, 2.05) is 29.3 Å². The van der Waals surface area contributed by atoms with Crippen molar-refractivity contribution >= 4 is 28.2 Å². The van der Waals surface area contributed by atoms with Crippen LogP contribution in [0.3, 0.4) is 0 Å². The number of piperidine rings is 1. The molecule has 146 valence electrons. The molecule has 0 spiro atoms. The zero-order chi connectivity index (χ0) is 19.5. The molecule has 0 aliphatic carbocycles. The molecular formula is C21H22N2O4S. The van der Waals surface area contributed by atoms with Crippen LogP contribution in [0.25, 0.3) is 11.0 Å². The van der Waals surface area contributed by atoms with Crippen LogP contribution < -0.4 is 10.4 Å². The van der Waals surface area contributed by atoms with Crippen molar-refractivity contribution in [2.24, 2.45) is 0 Å². The summed E-state index contributed by atoms with van der Waals surface area (Å²) in [7, 11) is 0. The van der Waals surface area contributed by atoms with E-state index in [1.165, 1.54) is 6.07 Å². The summed E-state index contributed by atoms with van der Waals surface area (Å²) in [6.45, 7) is 2.67. The molecule has 0 radical (unpaired) electrons. The monoisotopic (exact) mass is 398 g/mol. The van der Waals surface area contributed by atoms with Crippen molar-refractivity contribution in [2.45, 2.75) is 38.6 Å². The Kier molecular flexibility index (Phi) is 5.43. The molecule has 1 saturated heterocycles. The average molecular weight is 398 g/mol. The van der Waals surface area contributed by atoms with Crippen LogP contribution in [-0.2, 0) is 11.2 Å². The molecule has 0 N–H and O–H groups in total. The lowest BCUT2D eigenvalue weighted by Gasteiger charge is -2.34. The Morgan fingerprint density at radius 3 is 3.04 bits per heavy atom. The van der Waals surface area contributed by atoms with Gasteiger partial charge in [-0.05, 0) is 43.4 Å². The van der Waals surface area contributed by atoms with Gasteiger partial charge in [0.1, 0.15) is 16.3 Å². The molecule has 3 heterocycles. The summed E-state index contributed by atoms with van der Waals surface area (Å²) in [5.74, 6) is 0.462. The number of aryl methyl sites for hydroxylation is 1. The first kappa shape index (κ1) is 18.7. The second-order valence-electron chi connectivity index (χ2n) is 6.86. The van der Waals surface area contributed by atoms with E-state index in [0.717, 1.165) is 48.2 Å². The quantitative estimate of drug-likeness (QED) is 0.609. The maximum atomic E-state index is 12.8. The van der Waals surface area contributed by atoms with Gasteiger partial charge < -0.3 is 14.1 Å². The zero-order valence-corrected chi connectivity index (χ0v) is 16.5. The molecule has 1 aliphatic heterocycles. The van der Waals surface area contributed by atoms with Crippen molar-refractivity contribution in [1.82, 2.24) is 9.88 Å². The van der Waals surface area contributed by atoms with Crippen molar-refractivity contribution in [1.29, 1.82) is 0 Å². The third kappa shape index (κ3) is 3.80. The lowest BCUT2D eigenvalue weighted by Crippen LogP contribution is -2.41. The number of fused-ring (bicyclic) bond motifs is 1. The normalized spacial score (nSPS) is 17.0. The van der Waals surface area contributed by atoms with Gasteiger partial charge in [0.25, 0.3) is 5.91 Å². The standard InChI is InChI=1S/C21H22N2O4S/c1-2-14-11-20(25)27-18-12-15(6-7-16(14)18)26-13-19(24)23-9-4-3-5-17(23)21-22-8-10-28-21/h6-8,10-12,17H,2-5,9,13H2,1H3. The van der Waals surface area contributed by atoms with E-state index in [4.69, 9.17) is 9.15 Å². The Balaban J connectivity index is 1.49. The Morgan fingerprint density at radius 1 is 1.36 bits per heavy atom. The van der Waals surface area contributed by atoms with Gasteiger partial charge in [0, 0.05) is 35.6 Å². The average Bonchev–Trinajstić information content (AvgIpc) is 3.25. The van der Waals surface area contributed by atoms with Crippen molar-refractivity contribution in [3.8, 4) is 5.75 Å². The fourth-order valence-electron chi connectivity index (χ4n) is 3.71. The number of ether oxygens (including phenoxy) is 1. The van der Waals surface area contributed by atoms with Gasteiger partial charge in [-0.3, -0.25) is 4.79 Å². The third-order valence-corrected chi connectivity index (χ3v) is 5.98. The maximum Gasteiger partial charge on any atom is 0.336 e. The van der Waals surface area contributed by atoms with Gasteiger partial charge in [-0.2, -0.15) is 0 Å². The fraction of sp³-hybridized carbons (Fsp3) is 0.381. The molecule has 1 fully saturated rings. The van der Waals surface area contributed by atoms with E-state index < -0.39 is 0 Å². The zero-order valence-electron chi connectivity index (χ0n) is 15.7. The van der Waals surface area contributed by atoms with Crippen molar-refractivity contribution in [2.75, 3.05) is 13.2 Å². The minimum absolute atomic E-state index is 0.0339. The minimum atomic E-state index is -0.378. The number of rotatable bonds is 5. The van der Waals surface area contributed by atoms with Gasteiger partial charge in [-0.25, -0.2) is 9.78 Å². The molecule has 1 atom stereocenters. The lowest BCUT2D eigenvalue weighted by molar-refractivity contribution is -0.137. The molecule has 1 aliphatic rings. The Morgan fingerprint density at radius 2 is 2.25 bits per heavy atom. The summed E-state index contributed by atoms with van der Waals surface area (Å²) in [6, 6.07) is 6.91. The minimum Gasteiger partial charge on any atom is -0.484 e. The topological polar surface area (TPSA) is 72.6 Å². The predicted octanol–water partition coefficient (Wildman–Crippen LogP) is 3.94. The van der Waals surface area contributed by atoms with E-state index in [0.29, 0.717) is 11.3 Å². The number of thiazole rings is 1. The largest absolute Gasteiger partial charge is 0.484 e. The van der Waals surface area contributed by atoms with Crippen molar-refractivity contribution in [3.05, 3.63) is 56.8 Å². The van der Waals surface area contributed by atoms with Crippen LogP contribution in [0.15, 0.2) is 45.1 Å². The van der Waals surface area contributed by atoms with E-state index in [2.05, 4.69) is 4.98 Å². The predicted molar refractivity (Wildman–Crippen MR) is 108 cm³/mol. The van der Waals surface area contributed by atoms with Crippen LogP contribution in [-0.4, -0.2) is 28.9 Å². The van der Waals surface area contributed by atoms with Gasteiger partial charge >= 0.3 is 5.63 Å². The molecule has 6 nitrogen and oxygen atoms in total. The number of nitrogens with zero attached hydrogens (tertiary/aromatic N) is 2. The number of likely N-dealkylation sites (tertiary alicyclic amines) is 1. The SMILES string of the molecule is CCc1cc(=O)oc2cc(OCC(=O)N3CCCCC3c3nccs3)ccc12. The van der Waals surface area contributed by atoms with Crippen LogP contribution in [0, 0.1) is 0 Å². The molecule has 7 heteroatoms. The number of carbonyl (C=O) groups is 1. The Labute approximate surface area is 166 Å². The molecule has 2 aromatic heterocycles. The molecular weight excluding hydrogens is 376 g/mol. The molecule has 3 aromatic rings. The van der Waals surface area contributed by atoms with E-state index in [9.17, 15) is 9.59 Å². The van der Waals surface area contributed by atoms with Gasteiger partial charge in [-0.15, -0.1) is 11.3 Å².